The number of aromatic nitrogens is 2. The first-order valence-electron chi connectivity index (χ1n) is 4.15. The molecule has 0 unspecified atom stereocenters. The zero-order chi connectivity index (χ0) is 8.55. The Morgan fingerprint density at radius 3 is 3.00 bits per heavy atom. The minimum atomic E-state index is -0.264. The number of aliphatic hydroxyl groups excluding tert-OH is 1. The molecule has 1 aromatic rings. The summed E-state index contributed by atoms with van der Waals surface area (Å²) in [6.07, 6.45) is 1.50. The molecule has 0 aliphatic carbocycles. The number of aryl methyl sites for hydroxylation is 1. The van der Waals surface area contributed by atoms with E-state index < -0.39 is 0 Å². The summed E-state index contributed by atoms with van der Waals surface area (Å²) in [4.78, 5) is 0. The van der Waals surface area contributed by atoms with Crippen LogP contribution in [-0.2, 0) is 7.05 Å². The van der Waals surface area contributed by atoms with Crippen LogP contribution in [0.25, 0.3) is 0 Å². The topological polar surface area (TPSA) is 50.1 Å². The van der Waals surface area contributed by atoms with Gasteiger partial charge in [-0.25, -0.2) is 0 Å². The maximum atomic E-state index is 9.58. The summed E-state index contributed by atoms with van der Waals surface area (Å²) in [5.74, 6) is 0.206. The first kappa shape index (κ1) is 7.76. The van der Waals surface area contributed by atoms with Crippen LogP contribution in [0.4, 0.5) is 0 Å². The van der Waals surface area contributed by atoms with E-state index in [1.807, 2.05) is 17.8 Å². The van der Waals surface area contributed by atoms with Crippen LogP contribution in [-0.4, -0.2) is 34.1 Å². The number of hydrogen-bond donors (Lipinski definition) is 2. The van der Waals surface area contributed by atoms with Gasteiger partial charge in [0.1, 0.15) is 0 Å². The normalized spacial score (nSPS) is 29.5. The van der Waals surface area contributed by atoms with Crippen molar-refractivity contribution in [3.63, 3.8) is 0 Å². The van der Waals surface area contributed by atoms with Crippen molar-refractivity contribution in [3.05, 3.63) is 18.0 Å². The Hall–Kier alpha value is -0.870. The molecule has 2 N–H and O–H groups in total. The molecular formula is C8H13N3O. The minimum Gasteiger partial charge on any atom is -0.391 e. The number of nitrogens with one attached hydrogen (secondary N) is 1. The van der Waals surface area contributed by atoms with Gasteiger partial charge in [0.2, 0.25) is 0 Å². The summed E-state index contributed by atoms with van der Waals surface area (Å²) in [5, 5.41) is 16.8. The molecule has 2 atom stereocenters. The monoisotopic (exact) mass is 167 g/mol. The van der Waals surface area contributed by atoms with Crippen molar-refractivity contribution in [1.29, 1.82) is 0 Å². The molecule has 2 heterocycles. The van der Waals surface area contributed by atoms with Gasteiger partial charge in [0.05, 0.1) is 6.10 Å². The van der Waals surface area contributed by atoms with E-state index in [2.05, 4.69) is 10.4 Å². The Morgan fingerprint density at radius 1 is 1.67 bits per heavy atom. The summed E-state index contributed by atoms with van der Waals surface area (Å²) in [7, 11) is 1.90. The minimum absolute atomic E-state index is 0.206. The Kier molecular flexibility index (Phi) is 1.86. The molecule has 1 aliphatic heterocycles. The van der Waals surface area contributed by atoms with Crippen LogP contribution >= 0.6 is 0 Å². The number of hydrogen-bond acceptors (Lipinski definition) is 3. The zero-order valence-corrected chi connectivity index (χ0v) is 7.07. The van der Waals surface area contributed by atoms with Gasteiger partial charge in [0.25, 0.3) is 0 Å². The highest BCUT2D eigenvalue weighted by atomic mass is 16.3. The van der Waals surface area contributed by atoms with Gasteiger partial charge in [-0.1, -0.05) is 0 Å². The summed E-state index contributed by atoms with van der Waals surface area (Å²) in [6.45, 7) is 1.54. The molecule has 0 amide bonds. The lowest BCUT2D eigenvalue weighted by atomic mass is 10.0. The molecular weight excluding hydrogens is 154 g/mol. The second-order valence-electron chi connectivity index (χ2n) is 3.21. The third kappa shape index (κ3) is 1.13. The molecule has 2 rings (SSSR count). The second-order valence-corrected chi connectivity index (χ2v) is 3.21. The van der Waals surface area contributed by atoms with Gasteiger partial charge < -0.3 is 10.4 Å². The molecule has 0 aromatic carbocycles. The zero-order valence-electron chi connectivity index (χ0n) is 7.07. The quantitative estimate of drug-likeness (QED) is 0.591. The van der Waals surface area contributed by atoms with E-state index in [1.165, 1.54) is 0 Å². The van der Waals surface area contributed by atoms with Gasteiger partial charge in [0, 0.05) is 37.9 Å². The first-order valence-corrected chi connectivity index (χ1v) is 4.15. The highest BCUT2D eigenvalue weighted by Crippen LogP contribution is 2.21. The lowest BCUT2D eigenvalue weighted by molar-refractivity contribution is 0.174. The number of aliphatic hydroxyl groups is 1. The van der Waals surface area contributed by atoms with Crippen molar-refractivity contribution in [1.82, 2.24) is 15.1 Å². The highest BCUT2D eigenvalue weighted by molar-refractivity contribution is 5.12. The fraction of sp³-hybridized carbons (Fsp3) is 0.625. The molecule has 0 radical (unpaired) electrons. The summed E-state index contributed by atoms with van der Waals surface area (Å²) >= 11 is 0. The van der Waals surface area contributed by atoms with Crippen LogP contribution in [0.3, 0.4) is 0 Å². The van der Waals surface area contributed by atoms with Crippen LogP contribution in [0.5, 0.6) is 0 Å². The van der Waals surface area contributed by atoms with Gasteiger partial charge in [-0.3, -0.25) is 4.68 Å². The fourth-order valence-corrected chi connectivity index (χ4v) is 1.71. The van der Waals surface area contributed by atoms with Crippen LogP contribution in [0.2, 0.25) is 0 Å². The van der Waals surface area contributed by atoms with Crippen LogP contribution in [0, 0.1) is 0 Å². The Balaban J connectivity index is 2.24. The van der Waals surface area contributed by atoms with Crippen molar-refractivity contribution in [2.45, 2.75) is 12.0 Å². The fourth-order valence-electron chi connectivity index (χ4n) is 1.71. The summed E-state index contributed by atoms with van der Waals surface area (Å²) in [5.41, 5.74) is 1.10. The highest BCUT2D eigenvalue weighted by Gasteiger charge is 2.28. The van der Waals surface area contributed by atoms with Gasteiger partial charge >= 0.3 is 0 Å². The Bertz CT molecular complexity index is 271. The molecule has 4 nitrogen and oxygen atoms in total. The average Bonchev–Trinajstić information content (AvgIpc) is 2.59. The van der Waals surface area contributed by atoms with E-state index in [9.17, 15) is 5.11 Å². The molecule has 1 fully saturated rings. The predicted octanol–water partition coefficient (Wildman–Crippen LogP) is -0.532. The van der Waals surface area contributed by atoms with E-state index in [4.69, 9.17) is 0 Å². The van der Waals surface area contributed by atoms with Gasteiger partial charge in [-0.05, 0) is 6.07 Å². The molecule has 1 aliphatic rings. The average molecular weight is 167 g/mol. The third-order valence-electron chi connectivity index (χ3n) is 2.42. The molecule has 1 aromatic heterocycles. The van der Waals surface area contributed by atoms with Crippen molar-refractivity contribution >= 4 is 0 Å². The van der Waals surface area contributed by atoms with E-state index in [-0.39, 0.29) is 12.0 Å². The Labute approximate surface area is 71.2 Å². The molecule has 66 valence electrons. The SMILES string of the molecule is Cn1nccc1[C@@H]1CNC[C@H]1O. The third-order valence-corrected chi connectivity index (χ3v) is 2.42. The standard InChI is InChI=1S/C8H13N3O/c1-11-7(2-3-10-11)6-4-9-5-8(6)12/h2-3,6,8-9,12H,4-5H2,1H3/t6-,8+/m0/s1. The Morgan fingerprint density at radius 2 is 2.50 bits per heavy atom. The maximum Gasteiger partial charge on any atom is 0.0760 e. The largest absolute Gasteiger partial charge is 0.391 e. The van der Waals surface area contributed by atoms with Crippen molar-refractivity contribution in [3.8, 4) is 0 Å². The first-order chi connectivity index (χ1) is 5.79. The smallest absolute Gasteiger partial charge is 0.0760 e. The van der Waals surface area contributed by atoms with Crippen LogP contribution < -0.4 is 5.32 Å². The molecule has 0 spiro atoms. The lowest BCUT2D eigenvalue weighted by Crippen LogP contribution is -2.18. The number of β-amino-alcohol motifs (C(OH)–C–C–N with tert-alkyl or cyclic N) is 1. The molecule has 0 bridgehead atoms. The predicted molar refractivity (Wildman–Crippen MR) is 44.8 cm³/mol. The second kappa shape index (κ2) is 2.88. The van der Waals surface area contributed by atoms with Crippen molar-refractivity contribution in [2.75, 3.05) is 13.1 Å². The maximum absolute atomic E-state index is 9.58. The van der Waals surface area contributed by atoms with Gasteiger partial charge in [-0.15, -0.1) is 0 Å². The van der Waals surface area contributed by atoms with Crippen LogP contribution in [0.15, 0.2) is 12.3 Å². The molecule has 4 heteroatoms. The number of rotatable bonds is 1. The van der Waals surface area contributed by atoms with E-state index in [1.54, 1.807) is 6.20 Å². The van der Waals surface area contributed by atoms with E-state index in [0.717, 1.165) is 12.2 Å². The van der Waals surface area contributed by atoms with Crippen molar-refractivity contribution in [2.24, 2.45) is 7.05 Å². The molecule has 12 heavy (non-hydrogen) atoms. The summed E-state index contributed by atoms with van der Waals surface area (Å²) < 4.78 is 1.82. The van der Waals surface area contributed by atoms with Gasteiger partial charge in [0.15, 0.2) is 0 Å². The lowest BCUT2D eigenvalue weighted by Gasteiger charge is -2.12. The van der Waals surface area contributed by atoms with Crippen LogP contribution in [0.1, 0.15) is 11.6 Å². The van der Waals surface area contributed by atoms with Gasteiger partial charge in [-0.2, -0.15) is 5.10 Å². The van der Waals surface area contributed by atoms with Crippen molar-refractivity contribution < 1.29 is 5.11 Å². The van der Waals surface area contributed by atoms with E-state index in [0.29, 0.717) is 6.54 Å². The molecule has 0 saturated carbocycles. The van der Waals surface area contributed by atoms with E-state index >= 15 is 0 Å². The summed E-state index contributed by atoms with van der Waals surface area (Å²) in [6, 6.07) is 1.96. The number of nitrogens with zero attached hydrogens (tertiary/aromatic N) is 2. The molecule has 1 saturated heterocycles.